The fourth-order valence-corrected chi connectivity index (χ4v) is 1.55. The van der Waals surface area contributed by atoms with Crippen molar-refractivity contribution in [3.8, 4) is 0 Å². The van der Waals surface area contributed by atoms with Crippen molar-refractivity contribution < 1.29 is 18.7 Å². The largest absolute Gasteiger partial charge is 0.394 e. The van der Waals surface area contributed by atoms with E-state index in [-0.39, 0.29) is 18.6 Å². The summed E-state index contributed by atoms with van der Waals surface area (Å²) in [5, 5.41) is 9.19. The van der Waals surface area contributed by atoms with Gasteiger partial charge < -0.3 is 5.11 Å². The second-order valence-electron chi connectivity index (χ2n) is 5.17. The van der Waals surface area contributed by atoms with Crippen LogP contribution in [0.25, 0.3) is 0 Å². The molecule has 0 saturated carbocycles. The first-order valence-electron chi connectivity index (χ1n) is 6.09. The summed E-state index contributed by atoms with van der Waals surface area (Å²) >= 11 is 0. The van der Waals surface area contributed by atoms with Crippen LogP contribution in [-0.4, -0.2) is 41.5 Å². The van der Waals surface area contributed by atoms with Crippen LogP contribution >= 0.6 is 0 Å². The molecule has 0 fully saturated rings. The Morgan fingerprint density at radius 3 is 2.58 bits per heavy atom. The molecular weight excluding hydrogens is 252 g/mol. The molecule has 0 amide bonds. The van der Waals surface area contributed by atoms with Crippen molar-refractivity contribution in [1.82, 2.24) is 4.90 Å². The predicted octanol–water partition coefficient (Wildman–Crippen LogP) is 2.24. The van der Waals surface area contributed by atoms with Crippen LogP contribution in [0.3, 0.4) is 0 Å². The highest BCUT2D eigenvalue weighted by molar-refractivity contribution is 5.96. The molecule has 1 aromatic carbocycles. The van der Waals surface area contributed by atoms with Gasteiger partial charge in [0.15, 0.2) is 17.4 Å². The number of rotatable bonds is 6. The van der Waals surface area contributed by atoms with E-state index < -0.39 is 23.0 Å². The number of benzene rings is 1. The van der Waals surface area contributed by atoms with Gasteiger partial charge in [0.1, 0.15) is 0 Å². The van der Waals surface area contributed by atoms with Crippen LogP contribution in [0.2, 0.25) is 0 Å². The molecule has 5 heteroatoms. The number of hydrogen-bond donors (Lipinski definition) is 1. The van der Waals surface area contributed by atoms with Crippen LogP contribution in [0.5, 0.6) is 0 Å². The van der Waals surface area contributed by atoms with Crippen LogP contribution in [0, 0.1) is 11.6 Å². The maximum Gasteiger partial charge on any atom is 0.169 e. The lowest BCUT2D eigenvalue weighted by Gasteiger charge is -2.33. The van der Waals surface area contributed by atoms with Crippen LogP contribution in [-0.2, 0) is 0 Å². The van der Waals surface area contributed by atoms with Gasteiger partial charge in [0.2, 0.25) is 0 Å². The van der Waals surface area contributed by atoms with Crippen LogP contribution in [0.1, 0.15) is 30.6 Å². The van der Waals surface area contributed by atoms with E-state index in [0.717, 1.165) is 6.07 Å². The van der Waals surface area contributed by atoms with Gasteiger partial charge in [-0.15, -0.1) is 0 Å². The third-order valence-corrected chi connectivity index (χ3v) is 3.35. The van der Waals surface area contributed by atoms with Crippen molar-refractivity contribution in [2.75, 3.05) is 20.2 Å². The number of ketones is 1. The summed E-state index contributed by atoms with van der Waals surface area (Å²) in [4.78, 5) is 13.6. The first-order chi connectivity index (χ1) is 8.79. The van der Waals surface area contributed by atoms with Crippen molar-refractivity contribution in [3.63, 3.8) is 0 Å². The average molecular weight is 271 g/mol. The van der Waals surface area contributed by atoms with E-state index in [2.05, 4.69) is 0 Å². The van der Waals surface area contributed by atoms with Crippen molar-refractivity contribution in [3.05, 3.63) is 35.4 Å². The zero-order valence-corrected chi connectivity index (χ0v) is 11.4. The van der Waals surface area contributed by atoms with E-state index in [1.165, 1.54) is 12.1 Å². The number of hydrogen-bond acceptors (Lipinski definition) is 3. The zero-order chi connectivity index (χ0) is 14.6. The van der Waals surface area contributed by atoms with Crippen LogP contribution < -0.4 is 0 Å². The summed E-state index contributed by atoms with van der Waals surface area (Å²) in [5.41, 5.74) is -0.684. The molecule has 0 bridgehead atoms. The number of carbonyl (C=O) groups is 1. The molecule has 106 valence electrons. The second-order valence-corrected chi connectivity index (χ2v) is 5.17. The first kappa shape index (κ1) is 15.7. The smallest absolute Gasteiger partial charge is 0.169 e. The summed E-state index contributed by atoms with van der Waals surface area (Å²) in [6.07, 6.45) is 0.0697. The number of aliphatic hydroxyl groups excluding tert-OH is 1. The lowest BCUT2D eigenvalue weighted by Crippen LogP contribution is -2.45. The fourth-order valence-electron chi connectivity index (χ4n) is 1.55. The maximum absolute atomic E-state index is 13.4. The highest BCUT2D eigenvalue weighted by Gasteiger charge is 2.23. The van der Waals surface area contributed by atoms with Crippen LogP contribution in [0.4, 0.5) is 8.78 Å². The summed E-state index contributed by atoms with van der Waals surface area (Å²) in [6, 6.07) is 3.57. The van der Waals surface area contributed by atoms with E-state index in [1.807, 2.05) is 18.7 Å². The highest BCUT2D eigenvalue weighted by atomic mass is 19.2. The van der Waals surface area contributed by atoms with Crippen molar-refractivity contribution >= 4 is 5.78 Å². The van der Waals surface area contributed by atoms with Gasteiger partial charge in [0.05, 0.1) is 12.2 Å². The number of likely N-dealkylation sites (N-methyl/N-ethyl adjacent to an activating group) is 1. The van der Waals surface area contributed by atoms with Gasteiger partial charge >= 0.3 is 0 Å². The highest BCUT2D eigenvalue weighted by Crippen LogP contribution is 2.15. The minimum Gasteiger partial charge on any atom is -0.394 e. The Morgan fingerprint density at radius 2 is 2.00 bits per heavy atom. The SMILES string of the molecule is CN(CCC(=O)c1cccc(F)c1F)C(C)(C)CO. The number of halogens is 2. The Kier molecular flexibility index (Phi) is 5.14. The topological polar surface area (TPSA) is 40.5 Å². The van der Waals surface area contributed by atoms with E-state index in [4.69, 9.17) is 0 Å². The first-order valence-corrected chi connectivity index (χ1v) is 6.09. The van der Waals surface area contributed by atoms with Gasteiger partial charge in [-0.1, -0.05) is 6.07 Å². The van der Waals surface area contributed by atoms with E-state index >= 15 is 0 Å². The summed E-state index contributed by atoms with van der Waals surface area (Å²) in [7, 11) is 1.77. The molecule has 1 N–H and O–H groups in total. The zero-order valence-electron chi connectivity index (χ0n) is 11.4. The van der Waals surface area contributed by atoms with Gasteiger partial charge in [0, 0.05) is 18.5 Å². The predicted molar refractivity (Wildman–Crippen MR) is 69.1 cm³/mol. The summed E-state index contributed by atoms with van der Waals surface area (Å²) < 4.78 is 26.4. The molecule has 0 unspecified atom stereocenters. The van der Waals surface area contributed by atoms with E-state index in [0.29, 0.717) is 6.54 Å². The summed E-state index contributed by atoms with van der Waals surface area (Å²) in [5.74, 6) is -2.57. The molecule has 0 saturated heterocycles. The van der Waals surface area contributed by atoms with E-state index in [9.17, 15) is 18.7 Å². The average Bonchev–Trinajstić information content (AvgIpc) is 2.38. The molecule has 19 heavy (non-hydrogen) atoms. The Morgan fingerprint density at radius 1 is 1.37 bits per heavy atom. The standard InChI is InChI=1S/C14H19F2NO2/c1-14(2,9-18)17(3)8-7-12(19)10-5-4-6-11(15)13(10)16/h4-6,18H,7-9H2,1-3H3. The van der Waals surface area contributed by atoms with Crippen molar-refractivity contribution in [2.45, 2.75) is 25.8 Å². The normalized spacial score (nSPS) is 11.9. The fraction of sp³-hybridized carbons (Fsp3) is 0.500. The third-order valence-electron chi connectivity index (χ3n) is 3.35. The molecule has 0 aliphatic carbocycles. The minimum atomic E-state index is -1.10. The van der Waals surface area contributed by atoms with Crippen LogP contribution in [0.15, 0.2) is 18.2 Å². The Balaban J connectivity index is 2.69. The number of Topliss-reactive ketones (excluding diaryl/α,β-unsaturated/α-hetero) is 1. The molecule has 0 spiro atoms. The van der Waals surface area contributed by atoms with Crippen molar-refractivity contribution in [2.24, 2.45) is 0 Å². The number of carbonyl (C=O) groups excluding carboxylic acids is 1. The van der Waals surface area contributed by atoms with Gasteiger partial charge in [0.25, 0.3) is 0 Å². The minimum absolute atomic E-state index is 0.0496. The molecular formula is C14H19F2NO2. The molecule has 3 nitrogen and oxygen atoms in total. The molecule has 1 aromatic rings. The molecule has 1 rings (SSSR count). The molecule has 0 aromatic heterocycles. The molecule has 0 aliphatic rings. The Labute approximate surface area is 111 Å². The van der Waals surface area contributed by atoms with Gasteiger partial charge in [-0.2, -0.15) is 0 Å². The lowest BCUT2D eigenvalue weighted by atomic mass is 10.0. The van der Waals surface area contributed by atoms with E-state index in [1.54, 1.807) is 7.05 Å². The van der Waals surface area contributed by atoms with Gasteiger partial charge in [-0.05, 0) is 33.0 Å². The third kappa shape index (κ3) is 3.81. The van der Waals surface area contributed by atoms with Gasteiger partial charge in [-0.3, -0.25) is 9.69 Å². The number of aliphatic hydroxyl groups is 1. The monoisotopic (exact) mass is 271 g/mol. The Hall–Kier alpha value is -1.33. The Bertz CT molecular complexity index is 461. The van der Waals surface area contributed by atoms with Crippen molar-refractivity contribution in [1.29, 1.82) is 0 Å². The maximum atomic E-state index is 13.4. The molecule has 0 atom stereocenters. The second kappa shape index (κ2) is 6.21. The lowest BCUT2D eigenvalue weighted by molar-refractivity contribution is 0.0723. The molecule has 0 radical (unpaired) electrons. The molecule has 0 aliphatic heterocycles. The van der Waals surface area contributed by atoms with Gasteiger partial charge in [-0.25, -0.2) is 8.78 Å². The quantitative estimate of drug-likeness (QED) is 0.807. The molecule has 0 heterocycles. The number of nitrogens with zero attached hydrogens (tertiary/aromatic N) is 1. The summed E-state index contributed by atoms with van der Waals surface area (Å²) in [6.45, 7) is 3.98.